The van der Waals surface area contributed by atoms with E-state index in [0.29, 0.717) is 19.5 Å². The first-order chi connectivity index (χ1) is 10.9. The van der Waals surface area contributed by atoms with Gasteiger partial charge >= 0.3 is 5.97 Å². The van der Waals surface area contributed by atoms with Gasteiger partial charge in [0.1, 0.15) is 0 Å². The summed E-state index contributed by atoms with van der Waals surface area (Å²) in [5, 5.41) is 10.8. The van der Waals surface area contributed by atoms with E-state index in [1.165, 1.54) is 7.11 Å². The van der Waals surface area contributed by atoms with E-state index in [4.69, 9.17) is 4.74 Å². The smallest absolute Gasteiger partial charge is 0.339 e. The highest BCUT2D eigenvalue weighted by Crippen LogP contribution is 2.20. The Labute approximate surface area is 139 Å². The monoisotopic (exact) mass is 328 g/mol. The molecule has 1 rings (SSSR count). The molecule has 1 amide bonds. The molecule has 1 aliphatic heterocycles. The van der Waals surface area contributed by atoms with Crippen LogP contribution in [0.3, 0.4) is 0 Å². The zero-order chi connectivity index (χ0) is 17.3. The molecule has 1 N–H and O–H groups in total. The average Bonchev–Trinajstić information content (AvgIpc) is 2.76. The lowest BCUT2D eigenvalue weighted by molar-refractivity contribution is -0.165. The molecule has 1 heterocycles. The average molecular weight is 328 g/mol. The minimum absolute atomic E-state index is 0.0784. The molecule has 6 heteroatoms. The number of ether oxygens (including phenoxy) is 1. The van der Waals surface area contributed by atoms with Crippen LogP contribution in [0.2, 0.25) is 0 Å². The first-order valence-electron chi connectivity index (χ1n) is 8.71. The van der Waals surface area contributed by atoms with Gasteiger partial charge in [0.05, 0.1) is 7.11 Å². The summed E-state index contributed by atoms with van der Waals surface area (Å²) in [7, 11) is 1.32. The minimum Gasteiger partial charge on any atom is -0.467 e. The molecule has 134 valence electrons. The maximum Gasteiger partial charge on any atom is 0.339 e. The van der Waals surface area contributed by atoms with Gasteiger partial charge in [-0.05, 0) is 19.3 Å². The van der Waals surface area contributed by atoms with Gasteiger partial charge in [0, 0.05) is 39.6 Å². The number of methoxy groups -OCH3 is 1. The van der Waals surface area contributed by atoms with Gasteiger partial charge in [0.2, 0.25) is 5.91 Å². The molecule has 1 fully saturated rings. The molecule has 0 radical (unpaired) electrons. The standard InChI is InChI=1S/C17H32N2O4/c1-4-5-6-7-9-17(22,16(21)23-3)14-18-10-8-11-19(13-12-18)15(2)20/h22H,4-14H2,1-3H3. The van der Waals surface area contributed by atoms with Crippen molar-refractivity contribution in [2.45, 2.75) is 58.0 Å². The van der Waals surface area contributed by atoms with Crippen molar-refractivity contribution in [3.05, 3.63) is 0 Å². The molecule has 23 heavy (non-hydrogen) atoms. The van der Waals surface area contributed by atoms with Crippen molar-refractivity contribution in [2.24, 2.45) is 0 Å². The van der Waals surface area contributed by atoms with Gasteiger partial charge in [-0.2, -0.15) is 0 Å². The normalized spacial score (nSPS) is 19.0. The van der Waals surface area contributed by atoms with E-state index in [1.807, 2.05) is 4.90 Å². The van der Waals surface area contributed by atoms with E-state index in [9.17, 15) is 14.7 Å². The molecule has 1 aliphatic rings. The number of aliphatic hydroxyl groups is 1. The third-order valence-corrected chi connectivity index (χ3v) is 4.53. The summed E-state index contributed by atoms with van der Waals surface area (Å²) in [5.41, 5.74) is -1.45. The van der Waals surface area contributed by atoms with Crippen molar-refractivity contribution in [3.63, 3.8) is 0 Å². The van der Waals surface area contributed by atoms with Crippen molar-refractivity contribution in [1.82, 2.24) is 9.80 Å². The fourth-order valence-corrected chi connectivity index (χ4v) is 3.09. The minimum atomic E-state index is -1.45. The van der Waals surface area contributed by atoms with Crippen LogP contribution in [0.15, 0.2) is 0 Å². The lowest BCUT2D eigenvalue weighted by atomic mass is 9.95. The highest BCUT2D eigenvalue weighted by molar-refractivity contribution is 5.79. The number of esters is 1. The zero-order valence-corrected chi connectivity index (χ0v) is 14.8. The van der Waals surface area contributed by atoms with E-state index in [2.05, 4.69) is 11.8 Å². The first kappa shape index (κ1) is 19.9. The molecular weight excluding hydrogens is 296 g/mol. The summed E-state index contributed by atoms with van der Waals surface area (Å²) in [6.45, 7) is 6.81. The maximum absolute atomic E-state index is 12.1. The Hall–Kier alpha value is -1.14. The second-order valence-corrected chi connectivity index (χ2v) is 6.47. The lowest BCUT2D eigenvalue weighted by Gasteiger charge is -2.31. The maximum atomic E-state index is 12.1. The van der Waals surface area contributed by atoms with Crippen molar-refractivity contribution in [2.75, 3.05) is 39.8 Å². The first-order valence-corrected chi connectivity index (χ1v) is 8.71. The number of hydrogen-bond donors (Lipinski definition) is 1. The molecule has 0 aliphatic carbocycles. The summed E-state index contributed by atoms with van der Waals surface area (Å²) in [4.78, 5) is 27.4. The summed E-state index contributed by atoms with van der Waals surface area (Å²) in [5.74, 6) is -0.476. The van der Waals surface area contributed by atoms with Crippen molar-refractivity contribution >= 4 is 11.9 Å². The Morgan fingerprint density at radius 1 is 1.13 bits per heavy atom. The summed E-state index contributed by atoms with van der Waals surface area (Å²) < 4.78 is 4.82. The number of hydrogen-bond acceptors (Lipinski definition) is 5. The highest BCUT2D eigenvalue weighted by Gasteiger charge is 2.38. The largest absolute Gasteiger partial charge is 0.467 e. The van der Waals surface area contributed by atoms with Crippen molar-refractivity contribution < 1.29 is 19.4 Å². The van der Waals surface area contributed by atoms with Crippen LogP contribution in [-0.2, 0) is 14.3 Å². The van der Waals surface area contributed by atoms with E-state index in [-0.39, 0.29) is 12.5 Å². The van der Waals surface area contributed by atoms with Crippen molar-refractivity contribution in [1.29, 1.82) is 0 Å². The number of rotatable bonds is 8. The molecule has 0 aromatic rings. The van der Waals surface area contributed by atoms with Crippen LogP contribution in [0.25, 0.3) is 0 Å². The number of nitrogens with zero attached hydrogens (tertiary/aromatic N) is 2. The van der Waals surface area contributed by atoms with Gasteiger partial charge < -0.3 is 14.7 Å². The van der Waals surface area contributed by atoms with Crippen LogP contribution in [0, 0.1) is 0 Å². The molecular formula is C17H32N2O4. The topological polar surface area (TPSA) is 70.1 Å². The van der Waals surface area contributed by atoms with E-state index >= 15 is 0 Å². The van der Waals surface area contributed by atoms with Gasteiger partial charge in [-0.15, -0.1) is 0 Å². The SMILES string of the molecule is CCCCCCC(O)(CN1CCCN(C(C)=O)CC1)C(=O)OC. The predicted octanol–water partition coefficient (Wildman–Crippen LogP) is 1.42. The summed E-state index contributed by atoms with van der Waals surface area (Å²) in [6, 6.07) is 0. The van der Waals surface area contributed by atoms with Gasteiger partial charge in [0.15, 0.2) is 5.60 Å². The van der Waals surface area contributed by atoms with Crippen LogP contribution in [0.5, 0.6) is 0 Å². The van der Waals surface area contributed by atoms with Crippen LogP contribution >= 0.6 is 0 Å². The molecule has 1 unspecified atom stereocenters. The lowest BCUT2D eigenvalue weighted by Crippen LogP contribution is -2.50. The van der Waals surface area contributed by atoms with Crippen LogP contribution in [0.4, 0.5) is 0 Å². The summed E-state index contributed by atoms with van der Waals surface area (Å²) in [6.07, 6.45) is 5.32. The zero-order valence-electron chi connectivity index (χ0n) is 14.8. The van der Waals surface area contributed by atoms with Crippen LogP contribution < -0.4 is 0 Å². The fourth-order valence-electron chi connectivity index (χ4n) is 3.09. The molecule has 1 atom stereocenters. The Balaban J connectivity index is 2.61. The van der Waals surface area contributed by atoms with E-state index < -0.39 is 11.6 Å². The van der Waals surface area contributed by atoms with Gasteiger partial charge in [0.25, 0.3) is 0 Å². The molecule has 6 nitrogen and oxygen atoms in total. The van der Waals surface area contributed by atoms with Crippen molar-refractivity contribution in [3.8, 4) is 0 Å². The van der Waals surface area contributed by atoms with Crippen LogP contribution in [-0.4, -0.2) is 72.2 Å². The Morgan fingerprint density at radius 3 is 2.48 bits per heavy atom. The second kappa shape index (κ2) is 9.88. The van der Waals surface area contributed by atoms with Gasteiger partial charge in [-0.3, -0.25) is 9.69 Å². The van der Waals surface area contributed by atoms with Gasteiger partial charge in [-0.25, -0.2) is 4.79 Å². The molecule has 1 saturated heterocycles. The highest BCUT2D eigenvalue weighted by atomic mass is 16.5. The van der Waals surface area contributed by atoms with Crippen LogP contribution in [0.1, 0.15) is 52.4 Å². The number of carbonyl (C=O) groups excluding carboxylic acids is 2. The third-order valence-electron chi connectivity index (χ3n) is 4.53. The molecule has 0 aromatic carbocycles. The quantitative estimate of drug-likeness (QED) is 0.539. The molecule has 0 bridgehead atoms. The summed E-state index contributed by atoms with van der Waals surface area (Å²) >= 11 is 0. The number of β-amino-alcohol motifs (C(OH)–C–C–N with tert-alkyl or cyclic N) is 1. The molecule has 0 saturated carbocycles. The Morgan fingerprint density at radius 2 is 1.87 bits per heavy atom. The van der Waals surface area contributed by atoms with E-state index in [0.717, 1.165) is 45.2 Å². The Kier molecular flexibility index (Phi) is 8.55. The fraction of sp³-hybridized carbons (Fsp3) is 0.882. The molecule has 0 aromatic heterocycles. The Bertz CT molecular complexity index is 389. The number of carbonyl (C=O) groups is 2. The second-order valence-electron chi connectivity index (χ2n) is 6.47. The van der Waals surface area contributed by atoms with E-state index in [1.54, 1.807) is 6.92 Å². The molecule has 0 spiro atoms. The van der Waals surface area contributed by atoms with Gasteiger partial charge in [-0.1, -0.05) is 26.2 Å². The number of unbranched alkanes of at least 4 members (excludes halogenated alkanes) is 3. The predicted molar refractivity (Wildman–Crippen MR) is 89.0 cm³/mol. The number of amides is 1. The third kappa shape index (κ3) is 6.47.